The largest absolute Gasteiger partial charge is 0.491 e. The molecule has 2 N–H and O–H groups in total. The van der Waals surface area contributed by atoms with Crippen molar-refractivity contribution in [2.45, 2.75) is 18.6 Å². The lowest BCUT2D eigenvalue weighted by atomic mass is 10.2. The molecule has 4 rings (SSSR count). The number of rotatable bonds is 6. The number of ether oxygens (including phenoxy) is 1. The number of hydrogen-bond donors (Lipinski definition) is 2. The van der Waals surface area contributed by atoms with Crippen LogP contribution in [0.15, 0.2) is 18.5 Å². The monoisotopic (exact) mass is 436 g/mol. The summed E-state index contributed by atoms with van der Waals surface area (Å²) in [7, 11) is 5.02. The molecule has 1 saturated heterocycles. The van der Waals surface area contributed by atoms with Crippen molar-refractivity contribution in [1.82, 2.24) is 15.0 Å². The summed E-state index contributed by atoms with van der Waals surface area (Å²) >= 11 is 1.09. The molecule has 0 saturated carbocycles. The lowest BCUT2D eigenvalue weighted by Crippen LogP contribution is -2.35. The van der Waals surface area contributed by atoms with Gasteiger partial charge in [-0.05, 0) is 6.42 Å². The van der Waals surface area contributed by atoms with E-state index in [4.69, 9.17) is 4.74 Å². The van der Waals surface area contributed by atoms with E-state index in [0.29, 0.717) is 24.6 Å². The Hall–Kier alpha value is -2.79. The summed E-state index contributed by atoms with van der Waals surface area (Å²) in [6, 6.07) is 2.98. The van der Waals surface area contributed by atoms with Crippen molar-refractivity contribution >= 4 is 38.3 Å². The maximum atomic E-state index is 14.4. The number of halogens is 2. The first-order valence-corrected chi connectivity index (χ1v) is 10.2. The number of nitrogens with zero attached hydrogens (tertiary/aromatic N) is 5. The van der Waals surface area contributed by atoms with Crippen LogP contribution in [-0.2, 0) is 0 Å². The van der Waals surface area contributed by atoms with E-state index >= 15 is 0 Å². The Morgan fingerprint density at radius 1 is 1.33 bits per heavy atom. The third kappa shape index (κ3) is 3.82. The number of thiazole rings is 1. The predicted octanol–water partition coefficient (Wildman–Crippen LogP) is 2.49. The van der Waals surface area contributed by atoms with Gasteiger partial charge in [0, 0.05) is 39.3 Å². The van der Waals surface area contributed by atoms with Crippen LogP contribution in [0, 0.1) is 11.6 Å². The smallest absolute Gasteiger partial charge is 0.192 e. The van der Waals surface area contributed by atoms with Crippen LogP contribution in [-0.4, -0.2) is 66.5 Å². The molecule has 1 aliphatic rings. The number of nitrogens with one attached hydrogen (secondary N) is 1. The second-order valence-corrected chi connectivity index (χ2v) is 8.28. The Morgan fingerprint density at radius 2 is 2.13 bits per heavy atom. The van der Waals surface area contributed by atoms with Crippen LogP contribution in [0.1, 0.15) is 6.42 Å². The molecule has 1 aliphatic heterocycles. The fraction of sp³-hybridized carbons (Fsp3) is 0.421. The third-order valence-corrected chi connectivity index (χ3v) is 6.03. The zero-order chi connectivity index (χ0) is 21.4. The summed E-state index contributed by atoms with van der Waals surface area (Å²) in [5, 5.41) is 13.9. The number of methoxy groups -OCH3 is 1. The normalized spacial score (nSPS) is 18.8. The SMILES string of the molecule is COc1c(F)cc2nc(NC[C@H]3C[C@@H](O)CN3c3cc(N(C)C)ncn3)sc2c1F. The van der Waals surface area contributed by atoms with Gasteiger partial charge in [0.2, 0.25) is 0 Å². The third-order valence-electron chi connectivity index (χ3n) is 5.01. The van der Waals surface area contributed by atoms with Gasteiger partial charge in [-0.15, -0.1) is 0 Å². The molecule has 0 unspecified atom stereocenters. The Kier molecular flexibility index (Phi) is 5.56. The standard InChI is InChI=1S/C19H22F2N6O2S/c1-26(2)14-6-15(24-9-23-14)27-8-11(28)4-10(27)7-22-19-25-13-5-12(20)17(29-3)16(21)18(13)30-19/h5-6,9-11,28H,4,7-8H2,1-3H3,(H,22,25)/t10-,11-/m1/s1. The molecule has 0 radical (unpaired) electrons. The summed E-state index contributed by atoms with van der Waals surface area (Å²) in [6.45, 7) is 0.909. The summed E-state index contributed by atoms with van der Waals surface area (Å²) in [5.74, 6) is -0.466. The van der Waals surface area contributed by atoms with Gasteiger partial charge in [0.15, 0.2) is 22.5 Å². The van der Waals surface area contributed by atoms with Gasteiger partial charge in [0.1, 0.15) is 18.0 Å². The quantitative estimate of drug-likeness (QED) is 0.610. The van der Waals surface area contributed by atoms with Crippen molar-refractivity contribution in [3.05, 3.63) is 30.1 Å². The second kappa shape index (κ2) is 8.15. The van der Waals surface area contributed by atoms with Gasteiger partial charge in [0.25, 0.3) is 0 Å². The van der Waals surface area contributed by atoms with Crippen molar-refractivity contribution in [3.8, 4) is 5.75 Å². The number of fused-ring (bicyclic) bond motifs is 1. The first-order chi connectivity index (χ1) is 14.4. The minimum Gasteiger partial charge on any atom is -0.491 e. The van der Waals surface area contributed by atoms with Gasteiger partial charge in [0.05, 0.1) is 29.5 Å². The Balaban J connectivity index is 1.53. The zero-order valence-corrected chi connectivity index (χ0v) is 17.6. The van der Waals surface area contributed by atoms with Crippen LogP contribution in [0.5, 0.6) is 5.75 Å². The Labute approximate surface area is 176 Å². The Morgan fingerprint density at radius 3 is 2.87 bits per heavy atom. The van der Waals surface area contributed by atoms with Crippen LogP contribution in [0.2, 0.25) is 0 Å². The molecule has 2 atom stereocenters. The average molecular weight is 436 g/mol. The molecule has 2 aromatic heterocycles. The molecular weight excluding hydrogens is 414 g/mol. The molecule has 11 heteroatoms. The molecular formula is C19H22F2N6O2S. The van der Waals surface area contributed by atoms with Crippen molar-refractivity contribution < 1.29 is 18.6 Å². The minimum atomic E-state index is -0.787. The number of aromatic nitrogens is 3. The van der Waals surface area contributed by atoms with E-state index in [1.165, 1.54) is 13.4 Å². The molecule has 3 heterocycles. The van der Waals surface area contributed by atoms with Crippen molar-refractivity contribution in [2.24, 2.45) is 0 Å². The van der Waals surface area contributed by atoms with E-state index in [2.05, 4.69) is 20.3 Å². The van der Waals surface area contributed by atoms with Crippen molar-refractivity contribution in [2.75, 3.05) is 49.4 Å². The molecule has 0 amide bonds. The molecule has 0 bridgehead atoms. The summed E-state index contributed by atoms with van der Waals surface area (Å²) < 4.78 is 33.4. The lowest BCUT2D eigenvalue weighted by molar-refractivity contribution is 0.194. The highest BCUT2D eigenvalue weighted by Crippen LogP contribution is 2.35. The van der Waals surface area contributed by atoms with Crippen molar-refractivity contribution in [1.29, 1.82) is 0 Å². The van der Waals surface area contributed by atoms with Gasteiger partial charge >= 0.3 is 0 Å². The maximum Gasteiger partial charge on any atom is 0.192 e. The topological polar surface area (TPSA) is 86.6 Å². The molecule has 0 spiro atoms. The highest BCUT2D eigenvalue weighted by molar-refractivity contribution is 7.22. The number of benzene rings is 1. The maximum absolute atomic E-state index is 14.4. The summed E-state index contributed by atoms with van der Waals surface area (Å²) in [4.78, 5) is 16.8. The first-order valence-electron chi connectivity index (χ1n) is 9.37. The first kappa shape index (κ1) is 20.5. The number of aliphatic hydroxyl groups excluding tert-OH is 1. The average Bonchev–Trinajstić information content (AvgIpc) is 3.29. The van der Waals surface area contributed by atoms with Crippen LogP contribution in [0.3, 0.4) is 0 Å². The predicted molar refractivity (Wildman–Crippen MR) is 113 cm³/mol. The van der Waals surface area contributed by atoms with Gasteiger partial charge in [-0.1, -0.05) is 11.3 Å². The number of β-amino-alcohol motifs (C(OH)–C–C–N with tert-alkyl or cyclic N) is 1. The second-order valence-electron chi connectivity index (χ2n) is 7.28. The highest BCUT2D eigenvalue weighted by atomic mass is 32.1. The molecule has 1 fully saturated rings. The Bertz CT molecular complexity index is 1060. The van der Waals surface area contributed by atoms with Crippen LogP contribution in [0.25, 0.3) is 10.2 Å². The van der Waals surface area contributed by atoms with E-state index in [9.17, 15) is 13.9 Å². The van der Waals surface area contributed by atoms with E-state index in [0.717, 1.165) is 29.0 Å². The molecule has 1 aromatic carbocycles. The van der Waals surface area contributed by atoms with Crippen LogP contribution >= 0.6 is 11.3 Å². The molecule has 0 aliphatic carbocycles. The highest BCUT2D eigenvalue weighted by Gasteiger charge is 2.32. The zero-order valence-electron chi connectivity index (χ0n) is 16.8. The fourth-order valence-electron chi connectivity index (χ4n) is 3.55. The van der Waals surface area contributed by atoms with E-state index in [-0.39, 0.29) is 16.3 Å². The van der Waals surface area contributed by atoms with Gasteiger partial charge in [-0.3, -0.25) is 0 Å². The van der Waals surface area contributed by atoms with E-state index < -0.39 is 23.5 Å². The van der Waals surface area contributed by atoms with Gasteiger partial charge in [-0.2, -0.15) is 0 Å². The van der Waals surface area contributed by atoms with Crippen LogP contribution < -0.4 is 19.9 Å². The van der Waals surface area contributed by atoms with E-state index in [1.54, 1.807) is 0 Å². The number of aliphatic hydroxyl groups is 1. The number of hydrogen-bond acceptors (Lipinski definition) is 9. The minimum absolute atomic E-state index is 0.0481. The molecule has 8 nitrogen and oxygen atoms in total. The van der Waals surface area contributed by atoms with Gasteiger partial charge in [-0.25, -0.2) is 23.7 Å². The van der Waals surface area contributed by atoms with E-state index in [1.807, 2.05) is 30.0 Å². The molecule has 160 valence electrons. The number of anilines is 3. The lowest BCUT2D eigenvalue weighted by Gasteiger charge is -2.26. The summed E-state index contributed by atoms with van der Waals surface area (Å²) in [5.41, 5.74) is 0.230. The summed E-state index contributed by atoms with van der Waals surface area (Å²) in [6.07, 6.45) is 1.56. The molecule has 3 aromatic rings. The van der Waals surface area contributed by atoms with Crippen molar-refractivity contribution in [3.63, 3.8) is 0 Å². The fourth-order valence-corrected chi connectivity index (χ4v) is 4.44. The van der Waals surface area contributed by atoms with Gasteiger partial charge < -0.3 is 25.0 Å². The van der Waals surface area contributed by atoms with Crippen LogP contribution in [0.4, 0.5) is 25.5 Å². The molecule has 30 heavy (non-hydrogen) atoms.